The molecule has 2 saturated heterocycles. The molecule has 2 N–H and O–H groups in total. The van der Waals surface area contributed by atoms with Gasteiger partial charge in [0.05, 0.1) is 12.5 Å². The van der Waals surface area contributed by atoms with Crippen molar-refractivity contribution in [3.05, 3.63) is 0 Å². The zero-order valence-corrected chi connectivity index (χ0v) is 12.7. The summed E-state index contributed by atoms with van der Waals surface area (Å²) in [5.74, 6) is -0.912. The molecule has 0 spiro atoms. The van der Waals surface area contributed by atoms with Crippen LogP contribution in [-0.2, 0) is 9.59 Å². The van der Waals surface area contributed by atoms with Crippen LogP contribution in [0.3, 0.4) is 0 Å². The SMILES string of the molecule is O=C(O)C1CCN(C(=O)CNCCCN2CCCC2)CC1. The Bertz CT molecular complexity index is 348. The van der Waals surface area contributed by atoms with E-state index in [9.17, 15) is 9.59 Å². The van der Waals surface area contributed by atoms with Gasteiger partial charge in [0.1, 0.15) is 0 Å². The zero-order chi connectivity index (χ0) is 15.1. The highest BCUT2D eigenvalue weighted by Crippen LogP contribution is 2.17. The van der Waals surface area contributed by atoms with Crippen LogP contribution in [0.1, 0.15) is 32.1 Å². The molecule has 0 aliphatic carbocycles. The Hall–Kier alpha value is -1.14. The van der Waals surface area contributed by atoms with Gasteiger partial charge in [0.25, 0.3) is 0 Å². The molecular weight excluding hydrogens is 270 g/mol. The van der Waals surface area contributed by atoms with Crippen LogP contribution in [0.4, 0.5) is 0 Å². The predicted octanol–water partition coefficient (Wildman–Crippen LogP) is 0.385. The van der Waals surface area contributed by atoms with E-state index in [1.165, 1.54) is 25.9 Å². The lowest BCUT2D eigenvalue weighted by Crippen LogP contribution is -2.44. The van der Waals surface area contributed by atoms with E-state index in [0.29, 0.717) is 32.5 Å². The summed E-state index contributed by atoms with van der Waals surface area (Å²) in [5.41, 5.74) is 0. The molecule has 0 atom stereocenters. The van der Waals surface area contributed by atoms with Crippen molar-refractivity contribution < 1.29 is 14.7 Å². The van der Waals surface area contributed by atoms with Gasteiger partial charge in [-0.1, -0.05) is 0 Å². The van der Waals surface area contributed by atoms with E-state index in [4.69, 9.17) is 5.11 Å². The first kappa shape index (κ1) is 16.2. The van der Waals surface area contributed by atoms with E-state index >= 15 is 0 Å². The molecule has 1 amide bonds. The molecule has 0 unspecified atom stereocenters. The van der Waals surface area contributed by atoms with Crippen molar-refractivity contribution in [1.29, 1.82) is 0 Å². The minimum Gasteiger partial charge on any atom is -0.481 e. The third-order valence-corrected chi connectivity index (χ3v) is 4.50. The molecule has 0 aromatic rings. The molecule has 2 fully saturated rings. The van der Waals surface area contributed by atoms with Crippen LogP contribution in [0.25, 0.3) is 0 Å². The monoisotopic (exact) mass is 297 g/mol. The molecule has 6 heteroatoms. The molecular formula is C15H27N3O3. The van der Waals surface area contributed by atoms with Crippen LogP contribution in [0.5, 0.6) is 0 Å². The summed E-state index contributed by atoms with van der Waals surface area (Å²) in [6, 6.07) is 0. The number of piperidine rings is 1. The van der Waals surface area contributed by atoms with Gasteiger partial charge in [-0.3, -0.25) is 9.59 Å². The number of carboxylic acid groups (broad SMARTS) is 1. The molecule has 0 aromatic carbocycles. The van der Waals surface area contributed by atoms with Gasteiger partial charge in [-0.25, -0.2) is 0 Å². The number of nitrogens with one attached hydrogen (secondary N) is 1. The summed E-state index contributed by atoms with van der Waals surface area (Å²) in [4.78, 5) is 27.1. The van der Waals surface area contributed by atoms with Gasteiger partial charge in [-0.05, 0) is 58.3 Å². The van der Waals surface area contributed by atoms with Gasteiger partial charge in [0.2, 0.25) is 5.91 Å². The number of rotatable bonds is 7. The Morgan fingerprint density at radius 1 is 1.10 bits per heavy atom. The van der Waals surface area contributed by atoms with E-state index in [1.54, 1.807) is 4.90 Å². The van der Waals surface area contributed by atoms with Crippen molar-refractivity contribution in [2.24, 2.45) is 5.92 Å². The van der Waals surface area contributed by atoms with Crippen molar-refractivity contribution in [1.82, 2.24) is 15.1 Å². The minimum absolute atomic E-state index is 0.0972. The van der Waals surface area contributed by atoms with E-state index in [0.717, 1.165) is 19.5 Å². The third kappa shape index (κ3) is 5.28. The highest BCUT2D eigenvalue weighted by atomic mass is 16.4. The normalized spacial score (nSPS) is 20.9. The van der Waals surface area contributed by atoms with Crippen LogP contribution >= 0.6 is 0 Å². The molecule has 0 bridgehead atoms. The molecule has 2 aliphatic heterocycles. The van der Waals surface area contributed by atoms with Gasteiger partial charge in [-0.2, -0.15) is 0 Å². The van der Waals surface area contributed by atoms with E-state index in [2.05, 4.69) is 10.2 Å². The first-order valence-corrected chi connectivity index (χ1v) is 8.10. The lowest BCUT2D eigenvalue weighted by molar-refractivity contribution is -0.145. The number of nitrogens with zero attached hydrogens (tertiary/aromatic N) is 2. The van der Waals surface area contributed by atoms with Gasteiger partial charge in [0, 0.05) is 13.1 Å². The number of amides is 1. The maximum absolute atomic E-state index is 12.0. The lowest BCUT2D eigenvalue weighted by atomic mass is 9.97. The van der Waals surface area contributed by atoms with Gasteiger partial charge in [-0.15, -0.1) is 0 Å². The second-order valence-corrected chi connectivity index (χ2v) is 6.07. The third-order valence-electron chi connectivity index (χ3n) is 4.50. The Labute approximate surface area is 126 Å². The number of carbonyl (C=O) groups excluding carboxylic acids is 1. The number of hydrogen-bond acceptors (Lipinski definition) is 4. The fraction of sp³-hybridized carbons (Fsp3) is 0.867. The summed E-state index contributed by atoms with van der Waals surface area (Å²) in [5, 5.41) is 12.1. The largest absolute Gasteiger partial charge is 0.481 e. The maximum Gasteiger partial charge on any atom is 0.306 e. The summed E-state index contributed by atoms with van der Waals surface area (Å²) in [6.45, 7) is 5.95. The van der Waals surface area contributed by atoms with Gasteiger partial charge in [0.15, 0.2) is 0 Å². The molecule has 21 heavy (non-hydrogen) atoms. The highest BCUT2D eigenvalue weighted by Gasteiger charge is 2.26. The van der Waals surface area contributed by atoms with Gasteiger partial charge < -0.3 is 20.2 Å². The standard InChI is InChI=1S/C15H27N3O3/c19-14(18-10-4-13(5-11-18)15(20)21)12-16-6-3-9-17-7-1-2-8-17/h13,16H,1-12H2,(H,20,21). The smallest absolute Gasteiger partial charge is 0.306 e. The molecule has 0 saturated carbocycles. The first-order valence-electron chi connectivity index (χ1n) is 8.10. The molecule has 0 aromatic heterocycles. The molecule has 0 radical (unpaired) electrons. The van der Waals surface area contributed by atoms with Crippen molar-refractivity contribution in [3.63, 3.8) is 0 Å². The van der Waals surface area contributed by atoms with Crippen LogP contribution in [0, 0.1) is 5.92 Å². The molecule has 2 rings (SSSR count). The van der Waals surface area contributed by atoms with Crippen LogP contribution in [0.2, 0.25) is 0 Å². The molecule has 2 heterocycles. The number of hydrogen-bond donors (Lipinski definition) is 2. The van der Waals surface area contributed by atoms with Crippen LogP contribution in [0.15, 0.2) is 0 Å². The Balaban J connectivity index is 1.52. The highest BCUT2D eigenvalue weighted by molar-refractivity contribution is 5.78. The van der Waals surface area contributed by atoms with Crippen LogP contribution in [-0.4, -0.2) is 72.6 Å². The second kappa shape index (κ2) is 8.34. The average molecular weight is 297 g/mol. The van der Waals surface area contributed by atoms with Crippen molar-refractivity contribution in [3.8, 4) is 0 Å². The first-order chi connectivity index (χ1) is 10.2. The average Bonchev–Trinajstić information content (AvgIpc) is 3.00. The number of likely N-dealkylation sites (tertiary alicyclic amines) is 2. The summed E-state index contributed by atoms with van der Waals surface area (Å²) in [7, 11) is 0. The minimum atomic E-state index is -0.734. The number of carbonyl (C=O) groups is 2. The van der Waals surface area contributed by atoms with Crippen molar-refractivity contribution in [2.45, 2.75) is 32.1 Å². The maximum atomic E-state index is 12.0. The Kier molecular flexibility index (Phi) is 6.45. The van der Waals surface area contributed by atoms with Crippen LogP contribution < -0.4 is 5.32 Å². The van der Waals surface area contributed by atoms with E-state index < -0.39 is 5.97 Å². The van der Waals surface area contributed by atoms with Crippen molar-refractivity contribution >= 4 is 11.9 Å². The second-order valence-electron chi connectivity index (χ2n) is 6.07. The van der Waals surface area contributed by atoms with E-state index in [1.807, 2.05) is 0 Å². The Morgan fingerprint density at radius 3 is 2.38 bits per heavy atom. The molecule has 2 aliphatic rings. The lowest BCUT2D eigenvalue weighted by Gasteiger charge is -2.30. The number of aliphatic carboxylic acids is 1. The fourth-order valence-electron chi connectivity index (χ4n) is 3.12. The fourth-order valence-corrected chi connectivity index (χ4v) is 3.12. The summed E-state index contributed by atoms with van der Waals surface area (Å²) in [6.07, 6.45) is 4.87. The summed E-state index contributed by atoms with van der Waals surface area (Å²) >= 11 is 0. The predicted molar refractivity (Wildman–Crippen MR) is 80.1 cm³/mol. The zero-order valence-electron chi connectivity index (χ0n) is 12.7. The Morgan fingerprint density at radius 2 is 1.76 bits per heavy atom. The molecule has 6 nitrogen and oxygen atoms in total. The van der Waals surface area contributed by atoms with Crippen molar-refractivity contribution in [2.75, 3.05) is 45.8 Å². The van der Waals surface area contributed by atoms with E-state index in [-0.39, 0.29) is 11.8 Å². The topological polar surface area (TPSA) is 72.9 Å². The number of carboxylic acids is 1. The quantitative estimate of drug-likeness (QED) is 0.665. The van der Waals surface area contributed by atoms with Gasteiger partial charge >= 0.3 is 5.97 Å². The summed E-state index contributed by atoms with van der Waals surface area (Å²) < 4.78 is 0. The molecule has 120 valence electrons.